The highest BCUT2D eigenvalue weighted by molar-refractivity contribution is 5.48. The predicted octanol–water partition coefficient (Wildman–Crippen LogP) is 2.68. The van der Waals surface area contributed by atoms with Crippen LogP contribution in [0.2, 0.25) is 0 Å². The van der Waals surface area contributed by atoms with Crippen molar-refractivity contribution in [3.8, 4) is 0 Å². The highest BCUT2D eigenvalue weighted by Crippen LogP contribution is 2.30. The van der Waals surface area contributed by atoms with E-state index in [0.29, 0.717) is 0 Å². The maximum atomic E-state index is 2.49. The van der Waals surface area contributed by atoms with E-state index >= 15 is 0 Å². The zero-order valence-corrected chi connectivity index (χ0v) is 7.53. The van der Waals surface area contributed by atoms with Gasteiger partial charge in [-0.1, -0.05) is 18.2 Å². The molecular weight excluding hydrogens is 146 g/mol. The minimum Gasteiger partial charge on any atom is -0.369 e. The van der Waals surface area contributed by atoms with Crippen LogP contribution in [0.3, 0.4) is 0 Å². The number of anilines is 1. The van der Waals surface area contributed by atoms with E-state index in [0.717, 1.165) is 12.6 Å². The van der Waals surface area contributed by atoms with E-state index in [2.05, 4.69) is 42.2 Å². The summed E-state index contributed by atoms with van der Waals surface area (Å²) in [6, 6.07) is 11.5. The summed E-state index contributed by atoms with van der Waals surface area (Å²) in [4.78, 5) is 2.49. The quantitative estimate of drug-likeness (QED) is 0.658. The first-order chi connectivity index (χ1) is 5.92. The van der Waals surface area contributed by atoms with Gasteiger partial charge in [-0.2, -0.15) is 0 Å². The van der Waals surface area contributed by atoms with Gasteiger partial charge in [-0.3, -0.25) is 0 Å². The third-order valence-corrected chi connectivity index (χ3v) is 2.42. The third-order valence-electron chi connectivity index (χ3n) is 2.42. The first-order valence-electron chi connectivity index (χ1n) is 4.73. The highest BCUT2D eigenvalue weighted by atomic mass is 15.2. The molecule has 1 heteroatoms. The molecule has 0 bridgehead atoms. The Hall–Kier alpha value is -0.980. The molecule has 12 heavy (non-hydrogen) atoms. The lowest BCUT2D eigenvalue weighted by Crippen LogP contribution is -2.24. The summed E-state index contributed by atoms with van der Waals surface area (Å²) in [6.45, 7) is 3.36. The van der Waals surface area contributed by atoms with Gasteiger partial charge in [0, 0.05) is 18.3 Å². The standard InChI is InChI=1S/C11H15N/c1-2-12(11-8-9-11)10-6-4-3-5-7-10/h3-7,11H,2,8-9H2,1H3. The van der Waals surface area contributed by atoms with Crippen molar-refractivity contribution in [1.29, 1.82) is 0 Å². The Balaban J connectivity index is 2.15. The average molecular weight is 161 g/mol. The summed E-state index contributed by atoms with van der Waals surface area (Å²) < 4.78 is 0. The summed E-state index contributed by atoms with van der Waals surface area (Å²) >= 11 is 0. The van der Waals surface area contributed by atoms with Gasteiger partial charge in [0.25, 0.3) is 0 Å². The van der Waals surface area contributed by atoms with E-state index in [1.54, 1.807) is 0 Å². The van der Waals surface area contributed by atoms with Crippen molar-refractivity contribution < 1.29 is 0 Å². The molecule has 0 aromatic heterocycles. The van der Waals surface area contributed by atoms with Crippen molar-refractivity contribution in [2.45, 2.75) is 25.8 Å². The molecule has 0 atom stereocenters. The smallest absolute Gasteiger partial charge is 0.0368 e. The monoisotopic (exact) mass is 161 g/mol. The number of hydrogen-bond donors (Lipinski definition) is 0. The number of para-hydroxylation sites is 1. The molecule has 1 aromatic carbocycles. The van der Waals surface area contributed by atoms with Gasteiger partial charge in [0.15, 0.2) is 0 Å². The lowest BCUT2D eigenvalue weighted by Gasteiger charge is -2.22. The van der Waals surface area contributed by atoms with Gasteiger partial charge in [0.1, 0.15) is 0 Å². The van der Waals surface area contributed by atoms with E-state index in [1.165, 1.54) is 18.5 Å². The maximum Gasteiger partial charge on any atom is 0.0368 e. The molecular formula is C11H15N. The minimum atomic E-state index is 0.831. The molecule has 0 spiro atoms. The van der Waals surface area contributed by atoms with Crippen LogP contribution < -0.4 is 4.90 Å². The molecule has 1 aliphatic rings. The van der Waals surface area contributed by atoms with E-state index in [9.17, 15) is 0 Å². The van der Waals surface area contributed by atoms with Gasteiger partial charge < -0.3 is 4.90 Å². The first-order valence-corrected chi connectivity index (χ1v) is 4.73. The fourth-order valence-electron chi connectivity index (χ4n) is 1.66. The van der Waals surface area contributed by atoms with Crippen LogP contribution in [0.15, 0.2) is 30.3 Å². The zero-order chi connectivity index (χ0) is 8.39. The Labute approximate surface area is 74.0 Å². The summed E-state index contributed by atoms with van der Waals surface area (Å²) in [7, 11) is 0. The Kier molecular flexibility index (Phi) is 2.03. The van der Waals surface area contributed by atoms with Gasteiger partial charge in [-0.05, 0) is 31.9 Å². The van der Waals surface area contributed by atoms with E-state index in [1.807, 2.05) is 0 Å². The topological polar surface area (TPSA) is 3.24 Å². The SMILES string of the molecule is CCN(c1ccccc1)C1CC1. The Morgan fingerprint density at radius 2 is 1.92 bits per heavy atom. The summed E-state index contributed by atoms with van der Waals surface area (Å²) in [6.07, 6.45) is 2.76. The van der Waals surface area contributed by atoms with Crippen molar-refractivity contribution in [2.24, 2.45) is 0 Å². The normalized spacial score (nSPS) is 16.1. The zero-order valence-electron chi connectivity index (χ0n) is 7.53. The van der Waals surface area contributed by atoms with E-state index < -0.39 is 0 Å². The number of rotatable bonds is 3. The Bertz CT molecular complexity index is 238. The molecule has 1 aromatic rings. The van der Waals surface area contributed by atoms with Crippen LogP contribution in [0.4, 0.5) is 5.69 Å². The highest BCUT2D eigenvalue weighted by Gasteiger charge is 2.27. The maximum absolute atomic E-state index is 2.49. The molecule has 0 unspecified atom stereocenters. The van der Waals surface area contributed by atoms with Crippen LogP contribution in [0.5, 0.6) is 0 Å². The lowest BCUT2D eigenvalue weighted by molar-refractivity contribution is 0.826. The van der Waals surface area contributed by atoms with Crippen LogP contribution in [0.1, 0.15) is 19.8 Å². The van der Waals surface area contributed by atoms with E-state index in [-0.39, 0.29) is 0 Å². The van der Waals surface area contributed by atoms with Crippen LogP contribution in [0, 0.1) is 0 Å². The van der Waals surface area contributed by atoms with Gasteiger partial charge >= 0.3 is 0 Å². The molecule has 0 radical (unpaired) electrons. The Morgan fingerprint density at radius 3 is 2.42 bits per heavy atom. The van der Waals surface area contributed by atoms with Crippen molar-refractivity contribution >= 4 is 5.69 Å². The second kappa shape index (κ2) is 3.18. The largest absolute Gasteiger partial charge is 0.369 e. The van der Waals surface area contributed by atoms with Crippen LogP contribution in [-0.4, -0.2) is 12.6 Å². The summed E-state index contributed by atoms with van der Waals surface area (Å²) in [5.74, 6) is 0. The molecule has 1 aliphatic carbocycles. The second-order valence-electron chi connectivity index (χ2n) is 3.35. The number of benzene rings is 1. The fraction of sp³-hybridized carbons (Fsp3) is 0.455. The van der Waals surface area contributed by atoms with Gasteiger partial charge in [0.2, 0.25) is 0 Å². The molecule has 64 valence electrons. The average Bonchev–Trinajstić information content (AvgIpc) is 2.92. The summed E-state index contributed by atoms with van der Waals surface area (Å²) in [5, 5.41) is 0. The molecule has 1 fully saturated rings. The molecule has 0 amide bonds. The van der Waals surface area contributed by atoms with Crippen molar-refractivity contribution in [3.05, 3.63) is 30.3 Å². The fourth-order valence-corrected chi connectivity index (χ4v) is 1.66. The molecule has 0 N–H and O–H groups in total. The molecule has 0 aliphatic heterocycles. The first kappa shape index (κ1) is 7.66. The van der Waals surface area contributed by atoms with Gasteiger partial charge in [0.05, 0.1) is 0 Å². The van der Waals surface area contributed by atoms with Crippen molar-refractivity contribution in [2.75, 3.05) is 11.4 Å². The molecule has 1 nitrogen and oxygen atoms in total. The summed E-state index contributed by atoms with van der Waals surface area (Å²) in [5.41, 5.74) is 1.38. The molecule has 0 heterocycles. The van der Waals surface area contributed by atoms with Gasteiger partial charge in [-0.15, -0.1) is 0 Å². The lowest BCUT2D eigenvalue weighted by atomic mass is 10.3. The van der Waals surface area contributed by atoms with E-state index in [4.69, 9.17) is 0 Å². The van der Waals surface area contributed by atoms with Crippen molar-refractivity contribution in [3.63, 3.8) is 0 Å². The number of nitrogens with zero attached hydrogens (tertiary/aromatic N) is 1. The Morgan fingerprint density at radius 1 is 1.25 bits per heavy atom. The minimum absolute atomic E-state index is 0.831. The molecule has 2 rings (SSSR count). The van der Waals surface area contributed by atoms with Crippen LogP contribution >= 0.6 is 0 Å². The molecule has 1 saturated carbocycles. The van der Waals surface area contributed by atoms with Crippen LogP contribution in [-0.2, 0) is 0 Å². The molecule has 0 saturated heterocycles. The predicted molar refractivity (Wildman–Crippen MR) is 52.5 cm³/mol. The van der Waals surface area contributed by atoms with Gasteiger partial charge in [-0.25, -0.2) is 0 Å². The second-order valence-corrected chi connectivity index (χ2v) is 3.35. The number of hydrogen-bond acceptors (Lipinski definition) is 1. The third kappa shape index (κ3) is 1.45. The van der Waals surface area contributed by atoms with Crippen LogP contribution in [0.25, 0.3) is 0 Å². The van der Waals surface area contributed by atoms with Crippen molar-refractivity contribution in [1.82, 2.24) is 0 Å².